The van der Waals surface area contributed by atoms with Crippen LogP contribution in [0.15, 0.2) is 41.5 Å². The van der Waals surface area contributed by atoms with E-state index >= 15 is 0 Å². The fourth-order valence-electron chi connectivity index (χ4n) is 3.05. The summed E-state index contributed by atoms with van der Waals surface area (Å²) >= 11 is 0. The second kappa shape index (κ2) is 7.71. The average molecular weight is 341 g/mol. The molecule has 1 aliphatic rings. The van der Waals surface area contributed by atoms with Crippen LogP contribution in [-0.2, 0) is 24.2 Å². The summed E-state index contributed by atoms with van der Waals surface area (Å²) in [4.78, 5) is 31.2. The first-order valence-corrected chi connectivity index (χ1v) is 8.00. The number of H-pyrrole nitrogens is 1. The molecule has 1 aromatic carbocycles. The van der Waals surface area contributed by atoms with E-state index in [2.05, 4.69) is 44.2 Å². The van der Waals surface area contributed by atoms with Gasteiger partial charge in [0, 0.05) is 25.7 Å². The van der Waals surface area contributed by atoms with Crippen molar-refractivity contribution < 1.29 is 9.90 Å². The number of hydrogen-bond acceptors (Lipinski definition) is 5. The maximum absolute atomic E-state index is 12.0. The predicted molar refractivity (Wildman–Crippen MR) is 91.4 cm³/mol. The second-order valence-electron chi connectivity index (χ2n) is 5.76. The molecule has 130 valence electrons. The number of rotatable bonds is 2. The van der Waals surface area contributed by atoms with Crippen LogP contribution in [0, 0.1) is 0 Å². The van der Waals surface area contributed by atoms with Crippen LogP contribution >= 0.6 is 0 Å². The van der Waals surface area contributed by atoms with Crippen molar-refractivity contribution in [3.05, 3.63) is 63.8 Å². The normalized spacial score (nSPS) is 14.2. The molecule has 0 atom stereocenters. The lowest BCUT2D eigenvalue weighted by atomic mass is 10.0. The molecule has 0 unspecified atom stereocenters. The van der Waals surface area contributed by atoms with Crippen molar-refractivity contribution >= 4 is 12.2 Å². The fourth-order valence-corrected chi connectivity index (χ4v) is 3.05. The standard InChI is InChI=1S/C16H17N5O.CH2O2/c22-15-9-14(19-16-17-11-18-21(15)16)10-20-7-5-12-3-1-2-4-13(12)6-8-20;2-1-3/h1-4,9,11H,5-8,10H2,(H,17,18,19);1H,(H,2,3). The van der Waals surface area contributed by atoms with Crippen LogP contribution in [0.4, 0.5) is 0 Å². The first-order valence-electron chi connectivity index (χ1n) is 8.00. The minimum atomic E-state index is -0.250. The molecule has 4 rings (SSSR count). The quantitative estimate of drug-likeness (QED) is 0.666. The maximum Gasteiger partial charge on any atom is 0.290 e. The first-order chi connectivity index (χ1) is 12.2. The molecule has 8 nitrogen and oxygen atoms in total. The van der Waals surface area contributed by atoms with Crippen LogP contribution in [0.3, 0.4) is 0 Å². The largest absolute Gasteiger partial charge is 0.483 e. The summed E-state index contributed by atoms with van der Waals surface area (Å²) in [6.07, 6.45) is 3.57. The Labute approximate surface area is 143 Å². The van der Waals surface area contributed by atoms with E-state index in [1.807, 2.05) is 0 Å². The lowest BCUT2D eigenvalue weighted by Crippen LogP contribution is -2.27. The van der Waals surface area contributed by atoms with Gasteiger partial charge in [-0.05, 0) is 24.0 Å². The number of aromatic nitrogens is 4. The molecule has 0 saturated heterocycles. The molecular weight excluding hydrogens is 322 g/mol. The van der Waals surface area contributed by atoms with E-state index in [9.17, 15) is 4.79 Å². The Hall–Kier alpha value is -3.00. The Bertz CT molecular complexity index is 891. The van der Waals surface area contributed by atoms with Crippen LogP contribution in [0.5, 0.6) is 0 Å². The number of carbonyl (C=O) groups is 1. The third kappa shape index (κ3) is 3.92. The number of benzene rings is 1. The molecule has 0 amide bonds. The molecule has 25 heavy (non-hydrogen) atoms. The van der Waals surface area contributed by atoms with Gasteiger partial charge in [0.1, 0.15) is 6.33 Å². The molecule has 2 N–H and O–H groups in total. The molecule has 0 spiro atoms. The molecule has 3 heterocycles. The average Bonchev–Trinajstić information content (AvgIpc) is 2.99. The van der Waals surface area contributed by atoms with E-state index in [0.717, 1.165) is 31.6 Å². The van der Waals surface area contributed by atoms with Gasteiger partial charge < -0.3 is 5.11 Å². The third-order valence-corrected chi connectivity index (χ3v) is 4.22. The zero-order valence-electron chi connectivity index (χ0n) is 13.6. The minimum Gasteiger partial charge on any atom is -0.483 e. The smallest absolute Gasteiger partial charge is 0.290 e. The molecule has 0 aliphatic carbocycles. The Morgan fingerprint density at radius 3 is 2.48 bits per heavy atom. The molecule has 0 bridgehead atoms. The van der Waals surface area contributed by atoms with Crippen LogP contribution in [-0.4, -0.2) is 49.2 Å². The van der Waals surface area contributed by atoms with Crippen LogP contribution in [0.2, 0.25) is 0 Å². The highest BCUT2D eigenvalue weighted by molar-refractivity contribution is 5.32. The van der Waals surface area contributed by atoms with Crippen molar-refractivity contribution in [2.75, 3.05) is 13.1 Å². The molecule has 2 aromatic heterocycles. The molecule has 1 aliphatic heterocycles. The monoisotopic (exact) mass is 341 g/mol. The van der Waals surface area contributed by atoms with Crippen LogP contribution < -0.4 is 5.56 Å². The van der Waals surface area contributed by atoms with Gasteiger partial charge in [-0.25, -0.2) is 9.97 Å². The SMILES string of the molecule is O=CO.O=c1cc(CN2CCc3ccccc3CC2)nc2nc[nH]n12. The van der Waals surface area contributed by atoms with E-state index in [1.54, 1.807) is 6.07 Å². The highest BCUT2D eigenvalue weighted by Gasteiger charge is 2.15. The number of hydrogen-bond donors (Lipinski definition) is 2. The number of nitrogens with zero attached hydrogens (tertiary/aromatic N) is 4. The summed E-state index contributed by atoms with van der Waals surface area (Å²) in [6.45, 7) is 2.41. The second-order valence-corrected chi connectivity index (χ2v) is 5.76. The minimum absolute atomic E-state index is 0.115. The number of aromatic amines is 1. The molecule has 3 aromatic rings. The van der Waals surface area contributed by atoms with Gasteiger partial charge in [0.15, 0.2) is 0 Å². The summed E-state index contributed by atoms with van der Waals surface area (Å²) < 4.78 is 1.35. The van der Waals surface area contributed by atoms with Gasteiger partial charge in [0.05, 0.1) is 5.69 Å². The maximum atomic E-state index is 12.0. The molecule has 0 saturated carbocycles. The fraction of sp³-hybridized carbons (Fsp3) is 0.294. The van der Waals surface area contributed by atoms with Crippen molar-refractivity contribution in [1.29, 1.82) is 0 Å². The van der Waals surface area contributed by atoms with Crippen molar-refractivity contribution in [3.8, 4) is 0 Å². The Balaban J connectivity index is 0.000000569. The highest BCUT2D eigenvalue weighted by atomic mass is 16.3. The Morgan fingerprint density at radius 1 is 1.20 bits per heavy atom. The van der Waals surface area contributed by atoms with E-state index in [1.165, 1.54) is 22.0 Å². The van der Waals surface area contributed by atoms with Gasteiger partial charge in [0.2, 0.25) is 0 Å². The molecule has 0 fully saturated rings. The zero-order valence-corrected chi connectivity index (χ0v) is 13.6. The van der Waals surface area contributed by atoms with E-state index in [-0.39, 0.29) is 12.0 Å². The van der Waals surface area contributed by atoms with Gasteiger partial charge in [-0.1, -0.05) is 24.3 Å². The van der Waals surface area contributed by atoms with Gasteiger partial charge >= 0.3 is 0 Å². The first kappa shape index (κ1) is 16.8. The van der Waals surface area contributed by atoms with E-state index in [4.69, 9.17) is 9.90 Å². The van der Waals surface area contributed by atoms with Gasteiger partial charge in [-0.2, -0.15) is 4.52 Å². The molecular formula is C17H19N5O3. The van der Waals surface area contributed by atoms with Crippen molar-refractivity contribution in [2.45, 2.75) is 19.4 Å². The number of carboxylic acid groups (broad SMARTS) is 1. The summed E-state index contributed by atoms with van der Waals surface area (Å²) in [7, 11) is 0. The van der Waals surface area contributed by atoms with Gasteiger partial charge in [-0.15, -0.1) is 0 Å². The summed E-state index contributed by atoms with van der Waals surface area (Å²) in [5, 5.41) is 9.65. The van der Waals surface area contributed by atoms with Crippen molar-refractivity contribution in [3.63, 3.8) is 0 Å². The topological polar surface area (TPSA) is 104 Å². The van der Waals surface area contributed by atoms with Gasteiger partial charge in [-0.3, -0.25) is 19.6 Å². The van der Waals surface area contributed by atoms with Crippen LogP contribution in [0.1, 0.15) is 16.8 Å². The van der Waals surface area contributed by atoms with Crippen LogP contribution in [0.25, 0.3) is 5.78 Å². The van der Waals surface area contributed by atoms with Gasteiger partial charge in [0.25, 0.3) is 17.8 Å². The highest BCUT2D eigenvalue weighted by Crippen LogP contribution is 2.16. The molecule has 0 radical (unpaired) electrons. The summed E-state index contributed by atoms with van der Waals surface area (Å²) in [6, 6.07) is 10.2. The zero-order chi connectivity index (χ0) is 17.6. The summed E-state index contributed by atoms with van der Waals surface area (Å²) in [5.41, 5.74) is 3.53. The van der Waals surface area contributed by atoms with E-state index in [0.29, 0.717) is 12.3 Å². The lowest BCUT2D eigenvalue weighted by Gasteiger charge is -2.18. The Kier molecular flexibility index (Phi) is 5.20. The predicted octanol–water partition coefficient (Wildman–Crippen LogP) is 0.719. The number of fused-ring (bicyclic) bond motifs is 2. The van der Waals surface area contributed by atoms with Crippen molar-refractivity contribution in [2.24, 2.45) is 0 Å². The third-order valence-electron chi connectivity index (χ3n) is 4.22. The summed E-state index contributed by atoms with van der Waals surface area (Å²) in [5.74, 6) is 0.431. The Morgan fingerprint density at radius 2 is 1.84 bits per heavy atom. The van der Waals surface area contributed by atoms with E-state index < -0.39 is 0 Å². The van der Waals surface area contributed by atoms with Crippen molar-refractivity contribution in [1.82, 2.24) is 24.5 Å². The lowest BCUT2D eigenvalue weighted by molar-refractivity contribution is -0.122. The molecule has 8 heteroatoms. The number of nitrogens with one attached hydrogen (secondary N) is 1.